The van der Waals surface area contributed by atoms with E-state index in [1.54, 1.807) is 0 Å². The van der Waals surface area contributed by atoms with E-state index < -0.39 is 0 Å². The van der Waals surface area contributed by atoms with Crippen molar-refractivity contribution in [3.05, 3.63) is 12.2 Å². The van der Waals surface area contributed by atoms with Gasteiger partial charge in [0.05, 0.1) is 6.04 Å². The van der Waals surface area contributed by atoms with E-state index in [9.17, 15) is 4.79 Å². The molecule has 15 heavy (non-hydrogen) atoms. The van der Waals surface area contributed by atoms with E-state index in [0.29, 0.717) is 12.2 Å². The molecule has 0 spiro atoms. The van der Waals surface area contributed by atoms with Gasteiger partial charge in [-0.2, -0.15) is 0 Å². The van der Waals surface area contributed by atoms with Gasteiger partial charge in [0.15, 0.2) is 5.78 Å². The Kier molecular flexibility index (Phi) is 4.48. The van der Waals surface area contributed by atoms with Gasteiger partial charge in [0, 0.05) is 26.1 Å². The fourth-order valence-corrected chi connectivity index (χ4v) is 1.85. The van der Waals surface area contributed by atoms with E-state index in [2.05, 4.69) is 23.4 Å². The van der Waals surface area contributed by atoms with E-state index in [4.69, 9.17) is 0 Å². The highest BCUT2D eigenvalue weighted by Gasteiger charge is 2.27. The topological polar surface area (TPSA) is 23.6 Å². The van der Waals surface area contributed by atoms with E-state index in [0.717, 1.165) is 31.6 Å². The normalized spacial score (nSPS) is 24.1. The van der Waals surface area contributed by atoms with Gasteiger partial charge >= 0.3 is 0 Å². The highest BCUT2D eigenvalue weighted by Crippen LogP contribution is 2.12. The molecule has 1 aliphatic heterocycles. The van der Waals surface area contributed by atoms with Crippen molar-refractivity contribution in [2.75, 3.05) is 33.7 Å². The molecular weight excluding hydrogens is 188 g/mol. The van der Waals surface area contributed by atoms with Gasteiger partial charge in [-0.05, 0) is 20.5 Å². The van der Waals surface area contributed by atoms with Gasteiger partial charge in [-0.3, -0.25) is 9.69 Å². The Morgan fingerprint density at radius 1 is 1.40 bits per heavy atom. The number of hydrogen-bond acceptors (Lipinski definition) is 3. The molecule has 0 aliphatic carbocycles. The van der Waals surface area contributed by atoms with Crippen LogP contribution in [0.25, 0.3) is 0 Å². The first kappa shape index (κ1) is 12.4. The average molecular weight is 210 g/mol. The molecule has 0 N–H and O–H groups in total. The van der Waals surface area contributed by atoms with Crippen molar-refractivity contribution < 1.29 is 4.79 Å². The Balaban J connectivity index is 2.53. The predicted molar refractivity (Wildman–Crippen MR) is 63.0 cm³/mol. The second-order valence-corrected chi connectivity index (χ2v) is 4.51. The van der Waals surface area contributed by atoms with E-state index in [1.165, 1.54) is 0 Å². The first-order valence-electron chi connectivity index (χ1n) is 5.62. The van der Waals surface area contributed by atoms with Gasteiger partial charge in [0.2, 0.25) is 0 Å². The van der Waals surface area contributed by atoms with Crippen molar-refractivity contribution in [1.29, 1.82) is 0 Å². The van der Waals surface area contributed by atoms with E-state index in [-0.39, 0.29) is 6.04 Å². The van der Waals surface area contributed by atoms with Crippen LogP contribution in [0.3, 0.4) is 0 Å². The van der Waals surface area contributed by atoms with Crippen LogP contribution in [0, 0.1) is 0 Å². The van der Waals surface area contributed by atoms with Crippen LogP contribution < -0.4 is 0 Å². The third kappa shape index (κ3) is 3.43. The fourth-order valence-electron chi connectivity index (χ4n) is 1.85. The summed E-state index contributed by atoms with van der Waals surface area (Å²) >= 11 is 0. The van der Waals surface area contributed by atoms with Crippen LogP contribution in [0.15, 0.2) is 12.2 Å². The van der Waals surface area contributed by atoms with Crippen molar-refractivity contribution in [3.8, 4) is 0 Å². The molecule has 0 aromatic rings. The highest BCUT2D eigenvalue weighted by atomic mass is 16.1. The number of ketones is 1. The molecule has 86 valence electrons. The molecule has 1 unspecified atom stereocenters. The Labute approximate surface area is 92.7 Å². The van der Waals surface area contributed by atoms with Gasteiger partial charge in [-0.1, -0.05) is 19.1 Å². The van der Waals surface area contributed by atoms with E-state index in [1.807, 2.05) is 14.0 Å². The largest absolute Gasteiger partial charge is 0.303 e. The maximum absolute atomic E-state index is 12.0. The lowest BCUT2D eigenvalue weighted by molar-refractivity contribution is -0.125. The van der Waals surface area contributed by atoms with Crippen LogP contribution in [0.5, 0.6) is 0 Å². The summed E-state index contributed by atoms with van der Waals surface area (Å²) in [6.45, 7) is 8.83. The van der Waals surface area contributed by atoms with Crippen LogP contribution in [0.4, 0.5) is 0 Å². The smallest absolute Gasteiger partial charge is 0.155 e. The first-order valence-corrected chi connectivity index (χ1v) is 5.62. The molecule has 1 heterocycles. The van der Waals surface area contributed by atoms with Crippen molar-refractivity contribution >= 4 is 5.78 Å². The molecule has 0 saturated carbocycles. The molecule has 1 aliphatic rings. The predicted octanol–water partition coefficient (Wildman–Crippen LogP) is 1.16. The summed E-state index contributed by atoms with van der Waals surface area (Å²) in [5.41, 5.74) is 1.04. The summed E-state index contributed by atoms with van der Waals surface area (Å²) in [7, 11) is 4.10. The number of Topliss-reactive ketones (excluding diaryl/α,β-unsaturated/α-hetero) is 1. The Hall–Kier alpha value is -0.670. The second-order valence-electron chi connectivity index (χ2n) is 4.51. The van der Waals surface area contributed by atoms with Crippen molar-refractivity contribution in [3.63, 3.8) is 0 Å². The molecule has 0 aromatic carbocycles. The van der Waals surface area contributed by atoms with Crippen LogP contribution in [0.1, 0.15) is 19.8 Å². The molecule has 0 amide bonds. The van der Waals surface area contributed by atoms with Gasteiger partial charge in [0.25, 0.3) is 0 Å². The Morgan fingerprint density at radius 3 is 2.67 bits per heavy atom. The lowest BCUT2D eigenvalue weighted by atomic mass is 10.0. The molecule has 0 bridgehead atoms. The summed E-state index contributed by atoms with van der Waals surface area (Å²) in [6, 6.07) is 0.0621. The third-order valence-electron chi connectivity index (χ3n) is 3.15. The molecule has 0 aromatic heterocycles. The second kappa shape index (κ2) is 5.42. The number of carbonyl (C=O) groups is 1. The zero-order valence-electron chi connectivity index (χ0n) is 10.1. The number of piperazine rings is 1. The monoisotopic (exact) mass is 210 g/mol. The zero-order valence-corrected chi connectivity index (χ0v) is 10.1. The van der Waals surface area contributed by atoms with Gasteiger partial charge in [0.1, 0.15) is 0 Å². The lowest BCUT2D eigenvalue weighted by Gasteiger charge is -2.36. The summed E-state index contributed by atoms with van der Waals surface area (Å²) in [5, 5.41) is 0. The average Bonchev–Trinajstić information content (AvgIpc) is 2.21. The number of hydrogen-bond donors (Lipinski definition) is 0. The Bertz CT molecular complexity index is 250. The molecule has 3 heteroatoms. The molecule has 1 fully saturated rings. The van der Waals surface area contributed by atoms with Crippen LogP contribution in [-0.2, 0) is 4.79 Å². The third-order valence-corrected chi connectivity index (χ3v) is 3.15. The number of rotatable bonds is 4. The van der Waals surface area contributed by atoms with Crippen molar-refractivity contribution in [2.24, 2.45) is 0 Å². The first-order chi connectivity index (χ1) is 7.04. The summed E-state index contributed by atoms with van der Waals surface area (Å²) in [5.74, 6) is 0.316. The molecule has 1 rings (SSSR count). The zero-order chi connectivity index (χ0) is 11.4. The summed E-state index contributed by atoms with van der Waals surface area (Å²) < 4.78 is 0. The maximum atomic E-state index is 12.0. The molecule has 3 nitrogen and oxygen atoms in total. The quantitative estimate of drug-likeness (QED) is 0.651. The minimum absolute atomic E-state index is 0.0621. The molecule has 1 saturated heterocycles. The maximum Gasteiger partial charge on any atom is 0.155 e. The summed E-state index contributed by atoms with van der Waals surface area (Å²) in [4.78, 5) is 16.4. The van der Waals surface area contributed by atoms with Crippen molar-refractivity contribution in [2.45, 2.75) is 25.8 Å². The molecular formula is C12H22N2O. The minimum atomic E-state index is 0.0621. The lowest BCUT2D eigenvalue weighted by Crippen LogP contribution is -2.53. The SMILES string of the molecule is C=C(CC)CC(=O)C1CN(C)CCN1C. The van der Waals surface area contributed by atoms with E-state index >= 15 is 0 Å². The van der Waals surface area contributed by atoms with Gasteiger partial charge in [-0.25, -0.2) is 0 Å². The Morgan fingerprint density at radius 2 is 2.07 bits per heavy atom. The minimum Gasteiger partial charge on any atom is -0.303 e. The fraction of sp³-hybridized carbons (Fsp3) is 0.750. The van der Waals surface area contributed by atoms with Crippen LogP contribution in [-0.4, -0.2) is 55.4 Å². The molecule has 0 radical (unpaired) electrons. The van der Waals surface area contributed by atoms with Crippen LogP contribution in [0.2, 0.25) is 0 Å². The van der Waals surface area contributed by atoms with Crippen LogP contribution >= 0.6 is 0 Å². The molecule has 1 atom stereocenters. The number of nitrogens with zero attached hydrogens (tertiary/aromatic N) is 2. The summed E-state index contributed by atoms with van der Waals surface area (Å²) in [6.07, 6.45) is 1.44. The van der Waals surface area contributed by atoms with Gasteiger partial charge < -0.3 is 4.90 Å². The highest BCUT2D eigenvalue weighted by molar-refractivity contribution is 5.86. The number of allylic oxidation sites excluding steroid dienone is 1. The number of carbonyl (C=O) groups excluding carboxylic acids is 1. The van der Waals surface area contributed by atoms with Gasteiger partial charge in [-0.15, -0.1) is 0 Å². The number of likely N-dealkylation sites (N-methyl/N-ethyl adjacent to an activating group) is 2. The van der Waals surface area contributed by atoms with Crippen molar-refractivity contribution in [1.82, 2.24) is 9.80 Å². The standard InChI is InChI=1S/C12H22N2O/c1-5-10(2)8-12(15)11-9-13(3)6-7-14(11)4/h11H,2,5-9H2,1,3-4H3.